The molecule has 3 aromatic rings. The lowest BCUT2D eigenvalue weighted by Crippen LogP contribution is -2.36. The summed E-state index contributed by atoms with van der Waals surface area (Å²) in [5.41, 5.74) is 1.06. The average Bonchev–Trinajstić information content (AvgIpc) is 3.41. The van der Waals surface area contributed by atoms with E-state index in [1.807, 2.05) is 0 Å². The number of nitrogens with zero attached hydrogens (tertiary/aromatic N) is 1. The molecule has 4 rings (SSSR count). The van der Waals surface area contributed by atoms with Crippen molar-refractivity contribution in [2.24, 2.45) is 0 Å². The van der Waals surface area contributed by atoms with Gasteiger partial charge in [-0.1, -0.05) is 29.4 Å². The summed E-state index contributed by atoms with van der Waals surface area (Å²) in [6.07, 6.45) is 2.70. The van der Waals surface area contributed by atoms with Gasteiger partial charge in [-0.3, -0.25) is 0 Å². The van der Waals surface area contributed by atoms with E-state index >= 15 is 0 Å². The Morgan fingerprint density at radius 2 is 1.89 bits per heavy atom. The topological polar surface area (TPSA) is 81.4 Å². The van der Waals surface area contributed by atoms with E-state index in [1.54, 1.807) is 36.4 Å². The molecule has 0 amide bonds. The number of hydrogen-bond acceptors (Lipinski definition) is 5. The first kappa shape index (κ1) is 18.8. The van der Waals surface area contributed by atoms with Crippen molar-refractivity contribution < 1.29 is 22.1 Å². The van der Waals surface area contributed by atoms with Crippen molar-refractivity contribution >= 4 is 10.0 Å². The molecule has 1 N–H and O–H groups in total. The molecule has 146 valence electrons. The van der Waals surface area contributed by atoms with Crippen molar-refractivity contribution in [3.8, 4) is 11.3 Å². The zero-order valence-corrected chi connectivity index (χ0v) is 15.7. The molecular formula is C20H19FN2O4S. The van der Waals surface area contributed by atoms with Gasteiger partial charge in [-0.15, -0.1) is 0 Å². The molecule has 1 fully saturated rings. The molecular weight excluding hydrogens is 383 g/mol. The van der Waals surface area contributed by atoms with Gasteiger partial charge in [0.25, 0.3) is 0 Å². The molecule has 8 heteroatoms. The second kappa shape index (κ2) is 7.83. The van der Waals surface area contributed by atoms with E-state index in [1.165, 1.54) is 24.4 Å². The number of rotatable bonds is 6. The van der Waals surface area contributed by atoms with Crippen LogP contribution in [0.15, 0.2) is 70.2 Å². The maximum atomic E-state index is 13.4. The van der Waals surface area contributed by atoms with E-state index in [0.717, 1.165) is 6.42 Å². The van der Waals surface area contributed by atoms with E-state index < -0.39 is 16.1 Å². The third kappa shape index (κ3) is 3.84. The maximum absolute atomic E-state index is 13.4. The van der Waals surface area contributed by atoms with Crippen LogP contribution in [0.4, 0.5) is 4.39 Å². The lowest BCUT2D eigenvalue weighted by molar-refractivity contribution is 0.0852. The standard InChI is InChI=1S/C20H19FN2O4S/c21-15-9-7-14(8-10-15)20(18-5-3-13-26-18)23-28(24,25)19-6-2-1-4-16(19)17-11-12-22-27-17/h1-2,4,6-12,18,20,23H,3,5,13H2. The third-order valence-electron chi connectivity index (χ3n) is 4.73. The summed E-state index contributed by atoms with van der Waals surface area (Å²) in [5.74, 6) is -0.0233. The quantitative estimate of drug-likeness (QED) is 0.680. The zero-order valence-electron chi connectivity index (χ0n) is 14.9. The summed E-state index contributed by atoms with van der Waals surface area (Å²) in [7, 11) is -3.92. The lowest BCUT2D eigenvalue weighted by Gasteiger charge is -2.25. The monoisotopic (exact) mass is 402 g/mol. The molecule has 0 saturated carbocycles. The van der Waals surface area contributed by atoms with Gasteiger partial charge in [0.15, 0.2) is 5.76 Å². The number of aromatic nitrogens is 1. The molecule has 1 aliphatic heterocycles. The van der Waals surface area contributed by atoms with Crippen LogP contribution >= 0.6 is 0 Å². The van der Waals surface area contributed by atoms with Crippen molar-refractivity contribution in [2.75, 3.05) is 6.61 Å². The van der Waals surface area contributed by atoms with Crippen molar-refractivity contribution in [1.82, 2.24) is 9.88 Å². The third-order valence-corrected chi connectivity index (χ3v) is 6.23. The predicted molar refractivity (Wildman–Crippen MR) is 100 cm³/mol. The normalized spacial score (nSPS) is 18.2. The Kier molecular flexibility index (Phi) is 5.25. The average molecular weight is 402 g/mol. The predicted octanol–water partition coefficient (Wildman–Crippen LogP) is 3.68. The van der Waals surface area contributed by atoms with E-state index in [0.29, 0.717) is 29.9 Å². The molecule has 1 saturated heterocycles. The van der Waals surface area contributed by atoms with Gasteiger partial charge in [-0.2, -0.15) is 0 Å². The van der Waals surface area contributed by atoms with Crippen LogP contribution in [-0.4, -0.2) is 26.3 Å². The van der Waals surface area contributed by atoms with E-state index in [2.05, 4.69) is 9.88 Å². The van der Waals surface area contributed by atoms with Gasteiger partial charge in [0.2, 0.25) is 10.0 Å². The largest absolute Gasteiger partial charge is 0.376 e. The van der Waals surface area contributed by atoms with Crippen LogP contribution in [0.2, 0.25) is 0 Å². The number of nitrogens with one attached hydrogen (secondary N) is 1. The highest BCUT2D eigenvalue weighted by Gasteiger charge is 2.32. The Balaban J connectivity index is 1.71. The van der Waals surface area contributed by atoms with Crippen molar-refractivity contribution in [3.63, 3.8) is 0 Å². The van der Waals surface area contributed by atoms with E-state index in [-0.39, 0.29) is 16.8 Å². The van der Waals surface area contributed by atoms with Gasteiger partial charge in [0, 0.05) is 18.2 Å². The van der Waals surface area contributed by atoms with Crippen LogP contribution < -0.4 is 4.72 Å². The molecule has 2 unspecified atom stereocenters. The zero-order chi connectivity index (χ0) is 19.6. The molecule has 2 atom stereocenters. The molecule has 0 bridgehead atoms. The summed E-state index contributed by atoms with van der Waals surface area (Å²) in [5, 5.41) is 3.66. The SMILES string of the molecule is O=S(=O)(NC(c1ccc(F)cc1)C1CCCO1)c1ccccc1-c1ccno1. The van der Waals surface area contributed by atoms with Crippen molar-refractivity contribution in [3.05, 3.63) is 72.2 Å². The number of sulfonamides is 1. The second-order valence-electron chi connectivity index (χ2n) is 6.57. The molecule has 2 aromatic carbocycles. The van der Waals surface area contributed by atoms with Crippen LogP contribution in [0.3, 0.4) is 0 Å². The Morgan fingerprint density at radius 1 is 1.11 bits per heavy atom. The van der Waals surface area contributed by atoms with Gasteiger partial charge < -0.3 is 9.26 Å². The molecule has 1 aliphatic rings. The van der Waals surface area contributed by atoms with Crippen LogP contribution in [0.25, 0.3) is 11.3 Å². The minimum atomic E-state index is -3.92. The number of benzene rings is 2. The van der Waals surface area contributed by atoms with Gasteiger partial charge >= 0.3 is 0 Å². The Morgan fingerprint density at radius 3 is 2.57 bits per heavy atom. The fourth-order valence-corrected chi connectivity index (χ4v) is 4.85. The van der Waals surface area contributed by atoms with Crippen LogP contribution in [0, 0.1) is 5.82 Å². The summed E-state index contributed by atoms with van der Waals surface area (Å²) in [6, 6.07) is 13.3. The highest BCUT2D eigenvalue weighted by molar-refractivity contribution is 7.89. The number of ether oxygens (including phenoxy) is 1. The number of hydrogen-bond donors (Lipinski definition) is 1. The first-order valence-electron chi connectivity index (χ1n) is 8.94. The molecule has 0 radical (unpaired) electrons. The van der Waals surface area contributed by atoms with Crippen molar-refractivity contribution in [1.29, 1.82) is 0 Å². The van der Waals surface area contributed by atoms with Gasteiger partial charge in [0.1, 0.15) is 5.82 Å². The molecule has 0 aliphatic carbocycles. The Labute approximate surface area is 162 Å². The van der Waals surface area contributed by atoms with Crippen LogP contribution in [-0.2, 0) is 14.8 Å². The molecule has 6 nitrogen and oxygen atoms in total. The summed E-state index contributed by atoms with van der Waals surface area (Å²) in [6.45, 7) is 0.568. The van der Waals surface area contributed by atoms with Crippen LogP contribution in [0.5, 0.6) is 0 Å². The minimum Gasteiger partial charge on any atom is -0.376 e. The van der Waals surface area contributed by atoms with Crippen LogP contribution in [0.1, 0.15) is 24.4 Å². The van der Waals surface area contributed by atoms with Gasteiger partial charge in [-0.05, 0) is 42.7 Å². The molecule has 2 heterocycles. The Hall–Kier alpha value is -2.55. The fourth-order valence-electron chi connectivity index (χ4n) is 3.38. The Bertz CT molecular complexity index is 1030. The molecule has 1 aromatic heterocycles. The highest BCUT2D eigenvalue weighted by atomic mass is 32.2. The smallest absolute Gasteiger partial charge is 0.241 e. The summed E-state index contributed by atoms with van der Waals surface area (Å²) >= 11 is 0. The molecule has 28 heavy (non-hydrogen) atoms. The van der Waals surface area contributed by atoms with Crippen molar-refractivity contribution in [2.45, 2.75) is 29.9 Å². The van der Waals surface area contributed by atoms with Gasteiger partial charge in [0.05, 0.1) is 23.2 Å². The summed E-state index contributed by atoms with van der Waals surface area (Å²) < 4.78 is 53.5. The maximum Gasteiger partial charge on any atom is 0.241 e. The molecule has 0 spiro atoms. The van der Waals surface area contributed by atoms with E-state index in [4.69, 9.17) is 9.26 Å². The number of halogens is 1. The fraction of sp³-hybridized carbons (Fsp3) is 0.250. The minimum absolute atomic E-state index is 0.0804. The highest BCUT2D eigenvalue weighted by Crippen LogP contribution is 2.31. The summed E-state index contributed by atoms with van der Waals surface area (Å²) in [4.78, 5) is 0.0804. The van der Waals surface area contributed by atoms with E-state index in [9.17, 15) is 12.8 Å². The first-order chi connectivity index (χ1) is 13.5. The second-order valence-corrected chi connectivity index (χ2v) is 8.26. The van der Waals surface area contributed by atoms with Gasteiger partial charge in [-0.25, -0.2) is 17.5 Å². The first-order valence-corrected chi connectivity index (χ1v) is 10.4. The lowest BCUT2D eigenvalue weighted by atomic mass is 10.0.